The third-order valence-electron chi connectivity index (χ3n) is 3.18. The standard InChI is InChI=1S/C16H14O4/c1-18-12-5-6-13(15(9-12)19-2)16-7-10-3-4-11(17)8-14(10)20-16/h3-9,17H,1-2H3. The first kappa shape index (κ1) is 12.4. The number of rotatable bonds is 3. The third-order valence-corrected chi connectivity index (χ3v) is 3.18. The van der Waals surface area contributed by atoms with Gasteiger partial charge in [-0.25, -0.2) is 0 Å². The predicted molar refractivity (Wildman–Crippen MR) is 76.4 cm³/mol. The highest BCUT2D eigenvalue weighted by atomic mass is 16.5. The summed E-state index contributed by atoms with van der Waals surface area (Å²) in [6, 6.07) is 12.5. The van der Waals surface area contributed by atoms with Crippen molar-refractivity contribution in [3.05, 3.63) is 42.5 Å². The molecule has 0 bridgehead atoms. The van der Waals surface area contributed by atoms with Crippen LogP contribution < -0.4 is 9.47 Å². The Labute approximate surface area is 116 Å². The number of methoxy groups -OCH3 is 2. The highest BCUT2D eigenvalue weighted by molar-refractivity contribution is 5.85. The van der Waals surface area contributed by atoms with Crippen LogP contribution in [0.4, 0.5) is 0 Å². The topological polar surface area (TPSA) is 51.8 Å². The van der Waals surface area contributed by atoms with E-state index < -0.39 is 0 Å². The Hall–Kier alpha value is -2.62. The second-order valence-corrected chi connectivity index (χ2v) is 4.40. The van der Waals surface area contributed by atoms with E-state index in [4.69, 9.17) is 13.9 Å². The Morgan fingerprint density at radius 2 is 1.80 bits per heavy atom. The molecule has 0 radical (unpaired) electrons. The quantitative estimate of drug-likeness (QED) is 0.786. The molecule has 4 nitrogen and oxygen atoms in total. The Morgan fingerprint density at radius 1 is 0.950 bits per heavy atom. The van der Waals surface area contributed by atoms with Gasteiger partial charge in [0.1, 0.15) is 28.6 Å². The Morgan fingerprint density at radius 3 is 2.55 bits per heavy atom. The molecule has 1 N–H and O–H groups in total. The van der Waals surface area contributed by atoms with E-state index in [0.29, 0.717) is 17.1 Å². The van der Waals surface area contributed by atoms with Crippen LogP contribution in [0.2, 0.25) is 0 Å². The van der Waals surface area contributed by atoms with E-state index in [0.717, 1.165) is 16.7 Å². The van der Waals surface area contributed by atoms with Gasteiger partial charge in [0.2, 0.25) is 0 Å². The zero-order chi connectivity index (χ0) is 14.1. The number of ether oxygens (including phenoxy) is 2. The Balaban J connectivity index is 2.14. The van der Waals surface area contributed by atoms with E-state index in [1.165, 1.54) is 0 Å². The molecule has 0 aliphatic carbocycles. The van der Waals surface area contributed by atoms with Crippen LogP contribution in [0.15, 0.2) is 46.9 Å². The fourth-order valence-electron chi connectivity index (χ4n) is 2.15. The molecular weight excluding hydrogens is 256 g/mol. The lowest BCUT2D eigenvalue weighted by Gasteiger charge is -2.08. The minimum atomic E-state index is 0.181. The van der Waals surface area contributed by atoms with Crippen LogP contribution in [0.3, 0.4) is 0 Å². The summed E-state index contributed by atoms with van der Waals surface area (Å²) in [4.78, 5) is 0. The summed E-state index contributed by atoms with van der Waals surface area (Å²) in [7, 11) is 3.21. The van der Waals surface area contributed by atoms with Crippen molar-refractivity contribution in [2.75, 3.05) is 14.2 Å². The number of furan rings is 1. The van der Waals surface area contributed by atoms with E-state index in [1.807, 2.05) is 24.3 Å². The van der Waals surface area contributed by atoms with Crippen molar-refractivity contribution >= 4 is 11.0 Å². The van der Waals surface area contributed by atoms with Gasteiger partial charge in [0.15, 0.2) is 0 Å². The van der Waals surface area contributed by atoms with Gasteiger partial charge in [-0.2, -0.15) is 0 Å². The molecule has 0 spiro atoms. The van der Waals surface area contributed by atoms with Crippen LogP contribution in [-0.4, -0.2) is 19.3 Å². The van der Waals surface area contributed by atoms with Crippen LogP contribution in [0.1, 0.15) is 0 Å². The first-order valence-electron chi connectivity index (χ1n) is 6.16. The summed E-state index contributed by atoms with van der Waals surface area (Å²) in [5, 5.41) is 10.4. The fraction of sp³-hybridized carbons (Fsp3) is 0.125. The third kappa shape index (κ3) is 2.05. The molecule has 1 aromatic heterocycles. The molecule has 0 saturated heterocycles. The molecule has 3 rings (SSSR count). The summed E-state index contributed by atoms with van der Waals surface area (Å²) in [5.74, 6) is 2.26. The maximum Gasteiger partial charge on any atom is 0.139 e. The molecule has 0 aliphatic heterocycles. The van der Waals surface area contributed by atoms with Crippen molar-refractivity contribution in [1.29, 1.82) is 0 Å². The average molecular weight is 270 g/mol. The van der Waals surface area contributed by atoms with Crippen LogP contribution in [0.25, 0.3) is 22.3 Å². The van der Waals surface area contributed by atoms with Crippen molar-refractivity contribution in [3.8, 4) is 28.6 Å². The second kappa shape index (κ2) is 4.81. The number of phenolic OH excluding ortho intramolecular Hbond substituents is 1. The predicted octanol–water partition coefficient (Wildman–Crippen LogP) is 3.82. The van der Waals surface area contributed by atoms with Gasteiger partial charge in [0.05, 0.1) is 19.8 Å². The number of hydrogen-bond acceptors (Lipinski definition) is 4. The van der Waals surface area contributed by atoms with Gasteiger partial charge >= 0.3 is 0 Å². The zero-order valence-corrected chi connectivity index (χ0v) is 11.2. The monoisotopic (exact) mass is 270 g/mol. The van der Waals surface area contributed by atoms with Gasteiger partial charge in [0.25, 0.3) is 0 Å². The van der Waals surface area contributed by atoms with Crippen molar-refractivity contribution in [3.63, 3.8) is 0 Å². The molecule has 4 heteroatoms. The molecule has 0 atom stereocenters. The minimum Gasteiger partial charge on any atom is -0.508 e. The number of aromatic hydroxyl groups is 1. The Bertz CT molecular complexity index is 758. The van der Waals surface area contributed by atoms with E-state index in [2.05, 4.69) is 0 Å². The van der Waals surface area contributed by atoms with Gasteiger partial charge in [-0.05, 0) is 30.3 Å². The van der Waals surface area contributed by atoms with E-state index >= 15 is 0 Å². The lowest BCUT2D eigenvalue weighted by molar-refractivity contribution is 0.394. The number of benzene rings is 2. The summed E-state index contributed by atoms with van der Waals surface area (Å²) in [5.41, 5.74) is 1.47. The first-order chi connectivity index (χ1) is 9.71. The lowest BCUT2D eigenvalue weighted by Crippen LogP contribution is -1.89. The van der Waals surface area contributed by atoms with Gasteiger partial charge in [-0.15, -0.1) is 0 Å². The van der Waals surface area contributed by atoms with Crippen molar-refractivity contribution in [2.45, 2.75) is 0 Å². The molecule has 20 heavy (non-hydrogen) atoms. The maximum atomic E-state index is 9.48. The van der Waals surface area contributed by atoms with Gasteiger partial charge in [-0.3, -0.25) is 0 Å². The first-order valence-corrected chi connectivity index (χ1v) is 6.16. The molecule has 0 amide bonds. The molecule has 1 heterocycles. The van der Waals surface area contributed by atoms with Crippen LogP contribution in [-0.2, 0) is 0 Å². The van der Waals surface area contributed by atoms with Crippen LogP contribution in [0.5, 0.6) is 17.2 Å². The lowest BCUT2D eigenvalue weighted by atomic mass is 10.1. The van der Waals surface area contributed by atoms with Crippen molar-refractivity contribution in [2.24, 2.45) is 0 Å². The molecular formula is C16H14O4. The second-order valence-electron chi connectivity index (χ2n) is 4.40. The molecule has 0 unspecified atom stereocenters. The summed E-state index contributed by atoms with van der Waals surface area (Å²) in [6.07, 6.45) is 0. The normalized spacial score (nSPS) is 10.7. The molecule has 3 aromatic rings. The summed E-state index contributed by atoms with van der Waals surface area (Å²) in [6.45, 7) is 0. The highest BCUT2D eigenvalue weighted by Crippen LogP contribution is 2.36. The molecule has 0 aliphatic rings. The van der Waals surface area contributed by atoms with Crippen LogP contribution in [0, 0.1) is 0 Å². The van der Waals surface area contributed by atoms with Crippen molar-refractivity contribution in [1.82, 2.24) is 0 Å². The largest absolute Gasteiger partial charge is 0.508 e. The van der Waals surface area contributed by atoms with Crippen molar-refractivity contribution < 1.29 is 19.0 Å². The van der Waals surface area contributed by atoms with Gasteiger partial charge < -0.3 is 19.0 Å². The molecule has 0 saturated carbocycles. The van der Waals surface area contributed by atoms with Gasteiger partial charge in [-0.1, -0.05) is 0 Å². The number of fused-ring (bicyclic) bond motifs is 1. The number of hydrogen-bond donors (Lipinski definition) is 1. The summed E-state index contributed by atoms with van der Waals surface area (Å²) < 4.78 is 16.3. The smallest absolute Gasteiger partial charge is 0.139 e. The average Bonchev–Trinajstić information content (AvgIpc) is 2.89. The van der Waals surface area contributed by atoms with E-state index in [9.17, 15) is 5.11 Å². The highest BCUT2D eigenvalue weighted by Gasteiger charge is 2.12. The van der Waals surface area contributed by atoms with E-state index in [1.54, 1.807) is 32.4 Å². The maximum absolute atomic E-state index is 9.48. The molecule has 2 aromatic carbocycles. The van der Waals surface area contributed by atoms with Crippen LogP contribution >= 0.6 is 0 Å². The summed E-state index contributed by atoms with van der Waals surface area (Å²) >= 11 is 0. The molecule has 102 valence electrons. The SMILES string of the molecule is COc1ccc(-c2cc3ccc(O)cc3o2)c(OC)c1. The zero-order valence-electron chi connectivity index (χ0n) is 11.2. The number of phenols is 1. The fourth-order valence-corrected chi connectivity index (χ4v) is 2.15. The van der Waals surface area contributed by atoms with Gasteiger partial charge in [0, 0.05) is 17.5 Å². The minimum absolute atomic E-state index is 0.181. The van der Waals surface area contributed by atoms with E-state index in [-0.39, 0.29) is 5.75 Å². The molecule has 0 fully saturated rings. The Kier molecular flexibility index (Phi) is 2.99.